The molecule has 1 aromatic carbocycles. The smallest absolute Gasteiger partial charge is 0.238 e. The average molecular weight is 266 g/mol. The number of nitrogens with one attached hydrogen (secondary N) is 2. The van der Waals surface area contributed by atoms with Crippen LogP contribution in [-0.2, 0) is 4.79 Å². The lowest BCUT2D eigenvalue weighted by Crippen LogP contribution is -2.42. The largest absolute Gasteiger partial charge is 0.497 e. The quantitative estimate of drug-likeness (QED) is 0.868. The molecule has 2 atom stereocenters. The number of carbonyl (C=O) groups is 1. The molecular formula is C13H18N2O2S. The maximum atomic E-state index is 11.9. The molecule has 0 aromatic heterocycles. The highest BCUT2D eigenvalue weighted by Crippen LogP contribution is 2.18. The Morgan fingerprint density at radius 2 is 2.22 bits per heavy atom. The number of benzene rings is 1. The molecule has 0 aliphatic carbocycles. The second-order valence-electron chi connectivity index (χ2n) is 4.28. The zero-order valence-corrected chi connectivity index (χ0v) is 11.4. The van der Waals surface area contributed by atoms with Crippen molar-refractivity contribution in [3.8, 4) is 5.75 Å². The van der Waals surface area contributed by atoms with E-state index in [2.05, 4.69) is 10.6 Å². The van der Waals surface area contributed by atoms with Gasteiger partial charge in [0.05, 0.1) is 19.2 Å². The van der Waals surface area contributed by atoms with Gasteiger partial charge in [0.1, 0.15) is 5.75 Å². The van der Waals surface area contributed by atoms with Crippen LogP contribution in [0, 0.1) is 0 Å². The third-order valence-corrected chi connectivity index (χ3v) is 3.95. The average Bonchev–Trinajstić information content (AvgIpc) is 2.92. The molecule has 5 heteroatoms. The van der Waals surface area contributed by atoms with Crippen molar-refractivity contribution < 1.29 is 9.53 Å². The number of carbonyl (C=O) groups excluding carboxylic acids is 1. The molecule has 1 amide bonds. The maximum Gasteiger partial charge on any atom is 0.238 e. The van der Waals surface area contributed by atoms with E-state index in [1.807, 2.05) is 31.2 Å². The van der Waals surface area contributed by atoms with Gasteiger partial charge in [-0.1, -0.05) is 12.1 Å². The summed E-state index contributed by atoms with van der Waals surface area (Å²) in [5, 5.41) is 6.18. The summed E-state index contributed by atoms with van der Waals surface area (Å²) in [6.07, 6.45) is 0. The number of rotatable bonds is 4. The molecular weight excluding hydrogens is 248 g/mol. The monoisotopic (exact) mass is 266 g/mol. The summed E-state index contributed by atoms with van der Waals surface area (Å²) in [6, 6.07) is 7.70. The van der Waals surface area contributed by atoms with Crippen LogP contribution >= 0.6 is 11.8 Å². The lowest BCUT2D eigenvalue weighted by molar-refractivity contribution is -0.123. The van der Waals surface area contributed by atoms with Gasteiger partial charge in [-0.05, 0) is 24.6 Å². The second-order valence-corrected chi connectivity index (χ2v) is 5.31. The van der Waals surface area contributed by atoms with Crippen molar-refractivity contribution in [2.75, 3.05) is 18.7 Å². The van der Waals surface area contributed by atoms with Crippen LogP contribution in [0.4, 0.5) is 0 Å². The van der Waals surface area contributed by atoms with Gasteiger partial charge in [0, 0.05) is 11.6 Å². The van der Waals surface area contributed by atoms with Gasteiger partial charge in [-0.3, -0.25) is 10.1 Å². The van der Waals surface area contributed by atoms with Gasteiger partial charge in [0.15, 0.2) is 0 Å². The van der Waals surface area contributed by atoms with Crippen LogP contribution in [0.15, 0.2) is 24.3 Å². The molecule has 1 saturated heterocycles. The van der Waals surface area contributed by atoms with Gasteiger partial charge in [-0.25, -0.2) is 0 Å². The summed E-state index contributed by atoms with van der Waals surface area (Å²) in [4.78, 5) is 11.9. The Hall–Kier alpha value is -1.20. The van der Waals surface area contributed by atoms with E-state index >= 15 is 0 Å². The minimum absolute atomic E-state index is 0.0100. The number of ether oxygens (including phenoxy) is 1. The number of hydrogen-bond donors (Lipinski definition) is 2. The molecule has 1 aliphatic heterocycles. The van der Waals surface area contributed by atoms with Crippen molar-refractivity contribution in [3.05, 3.63) is 29.8 Å². The molecule has 2 N–H and O–H groups in total. The predicted molar refractivity (Wildman–Crippen MR) is 73.8 cm³/mol. The van der Waals surface area contributed by atoms with E-state index < -0.39 is 0 Å². The highest BCUT2D eigenvalue weighted by Gasteiger charge is 2.23. The van der Waals surface area contributed by atoms with E-state index in [0.29, 0.717) is 0 Å². The van der Waals surface area contributed by atoms with E-state index in [0.717, 1.165) is 22.9 Å². The first-order valence-electron chi connectivity index (χ1n) is 5.96. The summed E-state index contributed by atoms with van der Waals surface area (Å²) >= 11 is 1.75. The Kier molecular flexibility index (Phi) is 4.49. The van der Waals surface area contributed by atoms with Gasteiger partial charge in [0.25, 0.3) is 0 Å². The van der Waals surface area contributed by atoms with Gasteiger partial charge in [-0.2, -0.15) is 0 Å². The highest BCUT2D eigenvalue weighted by molar-refractivity contribution is 7.99. The van der Waals surface area contributed by atoms with Crippen LogP contribution in [0.25, 0.3) is 0 Å². The Bertz CT molecular complexity index is 402. The third-order valence-electron chi connectivity index (χ3n) is 3.01. The minimum Gasteiger partial charge on any atom is -0.497 e. The van der Waals surface area contributed by atoms with Crippen molar-refractivity contribution in [1.29, 1.82) is 0 Å². The van der Waals surface area contributed by atoms with E-state index in [4.69, 9.17) is 4.74 Å². The summed E-state index contributed by atoms with van der Waals surface area (Å²) in [5.41, 5.74) is 1.08. The normalized spacial score (nSPS) is 20.4. The SMILES string of the molecule is COc1ccc([C@H](C)NC(=O)C2CSCN2)cc1. The highest BCUT2D eigenvalue weighted by atomic mass is 32.2. The molecule has 4 nitrogen and oxygen atoms in total. The van der Waals surface area contributed by atoms with E-state index in [-0.39, 0.29) is 18.0 Å². The Morgan fingerprint density at radius 1 is 1.50 bits per heavy atom. The van der Waals surface area contributed by atoms with Gasteiger partial charge in [-0.15, -0.1) is 11.8 Å². The number of amides is 1. The van der Waals surface area contributed by atoms with Crippen molar-refractivity contribution in [2.24, 2.45) is 0 Å². The topological polar surface area (TPSA) is 50.4 Å². The summed E-state index contributed by atoms with van der Waals surface area (Å²) < 4.78 is 5.11. The van der Waals surface area contributed by atoms with Gasteiger partial charge in [0.2, 0.25) is 5.91 Å². The van der Waals surface area contributed by atoms with Crippen LogP contribution in [0.2, 0.25) is 0 Å². The minimum atomic E-state index is -0.0595. The second kappa shape index (κ2) is 6.11. The predicted octanol–water partition coefficient (Wildman–Crippen LogP) is 1.53. The fourth-order valence-corrected chi connectivity index (χ4v) is 2.80. The molecule has 1 heterocycles. The fraction of sp³-hybridized carbons (Fsp3) is 0.462. The molecule has 0 radical (unpaired) electrons. The first-order chi connectivity index (χ1) is 8.70. The molecule has 1 aliphatic rings. The molecule has 2 rings (SSSR count). The third kappa shape index (κ3) is 3.17. The summed E-state index contributed by atoms with van der Waals surface area (Å²) in [5.74, 6) is 2.60. The van der Waals surface area contributed by atoms with E-state index in [1.165, 1.54) is 0 Å². The zero-order chi connectivity index (χ0) is 13.0. The molecule has 18 heavy (non-hydrogen) atoms. The first kappa shape index (κ1) is 13.2. The van der Waals surface area contributed by atoms with Crippen LogP contribution in [0.1, 0.15) is 18.5 Å². The lowest BCUT2D eigenvalue weighted by atomic mass is 10.1. The van der Waals surface area contributed by atoms with Crippen LogP contribution in [0.3, 0.4) is 0 Å². The molecule has 98 valence electrons. The van der Waals surface area contributed by atoms with Gasteiger partial charge < -0.3 is 10.1 Å². The standard InChI is InChI=1S/C13H18N2O2S/c1-9(10-3-5-11(17-2)6-4-10)15-13(16)12-7-18-8-14-12/h3-6,9,12,14H,7-8H2,1-2H3,(H,15,16)/t9-,12?/m0/s1. The fourth-order valence-electron chi connectivity index (χ4n) is 1.85. The molecule has 1 unspecified atom stereocenters. The van der Waals surface area contributed by atoms with Crippen molar-refractivity contribution in [3.63, 3.8) is 0 Å². The Balaban J connectivity index is 1.93. The maximum absolute atomic E-state index is 11.9. The van der Waals surface area contributed by atoms with Crippen molar-refractivity contribution >= 4 is 17.7 Å². The van der Waals surface area contributed by atoms with Crippen LogP contribution in [0.5, 0.6) is 5.75 Å². The molecule has 0 spiro atoms. The number of thioether (sulfide) groups is 1. The Labute approximate surface area is 111 Å². The molecule has 1 aromatic rings. The van der Waals surface area contributed by atoms with Gasteiger partial charge >= 0.3 is 0 Å². The van der Waals surface area contributed by atoms with E-state index in [1.54, 1.807) is 18.9 Å². The summed E-state index contributed by atoms with van der Waals surface area (Å²) in [7, 11) is 1.64. The van der Waals surface area contributed by atoms with E-state index in [9.17, 15) is 4.79 Å². The molecule has 1 fully saturated rings. The Morgan fingerprint density at radius 3 is 2.78 bits per heavy atom. The zero-order valence-electron chi connectivity index (χ0n) is 10.6. The number of hydrogen-bond acceptors (Lipinski definition) is 4. The number of methoxy groups -OCH3 is 1. The first-order valence-corrected chi connectivity index (χ1v) is 7.11. The molecule has 0 saturated carbocycles. The lowest BCUT2D eigenvalue weighted by Gasteiger charge is -2.17. The molecule has 0 bridgehead atoms. The summed E-state index contributed by atoms with van der Waals surface area (Å²) in [6.45, 7) is 1.99. The van der Waals surface area contributed by atoms with Crippen LogP contribution < -0.4 is 15.4 Å². The van der Waals surface area contributed by atoms with Crippen molar-refractivity contribution in [2.45, 2.75) is 19.0 Å². The van der Waals surface area contributed by atoms with Crippen LogP contribution in [-0.4, -0.2) is 30.7 Å². The van der Waals surface area contributed by atoms with Crippen molar-refractivity contribution in [1.82, 2.24) is 10.6 Å².